The van der Waals surface area contributed by atoms with Crippen LogP contribution in [0.3, 0.4) is 0 Å². The van der Waals surface area contributed by atoms with Gasteiger partial charge >= 0.3 is 8.25 Å². The van der Waals surface area contributed by atoms with Gasteiger partial charge in [0, 0.05) is 10.1 Å². The molecule has 0 spiro atoms. The molecule has 0 unspecified atom stereocenters. The molecular weight excluding hydrogens is 275 g/mol. The summed E-state index contributed by atoms with van der Waals surface area (Å²) in [5.41, 5.74) is 1.75. The number of allylic oxidation sites excluding steroid dienone is 1. The molecule has 0 aromatic heterocycles. The van der Waals surface area contributed by atoms with E-state index in [1.165, 1.54) is 0 Å². The topological polar surface area (TPSA) is 74.6 Å². The largest absolute Gasteiger partial charge is 0.692 e. The van der Waals surface area contributed by atoms with Crippen LogP contribution in [0.5, 0.6) is 0 Å². The van der Waals surface area contributed by atoms with Gasteiger partial charge in [-0.1, -0.05) is 66.7 Å². The number of carbonyl (C=O) groups is 1. The zero-order valence-corrected chi connectivity index (χ0v) is 11.5. The first kappa shape index (κ1) is 15.9. The van der Waals surface area contributed by atoms with Crippen LogP contribution in [-0.2, 0) is 4.57 Å². The third-order valence-electron chi connectivity index (χ3n) is 2.29. The number of rotatable bonds is 3. The molecule has 0 atom stereocenters. The SMILES string of the molecule is O=C(/C=C/c1ccccc1)c1ccccc1.O=[P+](O)O. The monoisotopic (exact) mass is 289 g/mol. The second-order valence-electron chi connectivity index (χ2n) is 3.73. The van der Waals surface area contributed by atoms with Crippen molar-refractivity contribution in [3.63, 3.8) is 0 Å². The Morgan fingerprint density at radius 3 is 1.85 bits per heavy atom. The first-order valence-electron chi connectivity index (χ1n) is 5.77. The molecule has 0 aliphatic carbocycles. The van der Waals surface area contributed by atoms with Gasteiger partial charge in [0.2, 0.25) is 0 Å². The van der Waals surface area contributed by atoms with Crippen molar-refractivity contribution < 1.29 is 19.1 Å². The van der Waals surface area contributed by atoms with Crippen LogP contribution < -0.4 is 0 Å². The first-order chi connectivity index (χ1) is 9.59. The highest BCUT2D eigenvalue weighted by atomic mass is 31.1. The minimum Gasteiger partial charge on any atom is -0.289 e. The lowest BCUT2D eigenvalue weighted by Gasteiger charge is -1.94. The molecule has 20 heavy (non-hydrogen) atoms. The summed E-state index contributed by atoms with van der Waals surface area (Å²) in [6.07, 6.45) is 3.43. The van der Waals surface area contributed by atoms with Crippen LogP contribution in [0.25, 0.3) is 6.08 Å². The van der Waals surface area contributed by atoms with E-state index in [1.807, 2.05) is 66.7 Å². The lowest BCUT2D eigenvalue weighted by atomic mass is 10.1. The van der Waals surface area contributed by atoms with Gasteiger partial charge < -0.3 is 0 Å². The van der Waals surface area contributed by atoms with Gasteiger partial charge in [-0.2, -0.15) is 0 Å². The molecule has 0 radical (unpaired) electrons. The molecule has 4 nitrogen and oxygen atoms in total. The van der Waals surface area contributed by atoms with Crippen LogP contribution in [-0.4, -0.2) is 15.6 Å². The molecule has 0 fully saturated rings. The Labute approximate surface area is 118 Å². The van der Waals surface area contributed by atoms with Gasteiger partial charge in [-0.25, -0.2) is 0 Å². The van der Waals surface area contributed by atoms with Crippen LogP contribution in [0.1, 0.15) is 15.9 Å². The summed E-state index contributed by atoms with van der Waals surface area (Å²) in [7, 11) is -2.87. The van der Waals surface area contributed by atoms with E-state index in [2.05, 4.69) is 0 Å². The Morgan fingerprint density at radius 2 is 1.35 bits per heavy atom. The lowest BCUT2D eigenvalue weighted by molar-refractivity contribution is 0.104. The Bertz CT molecular complexity index is 575. The fraction of sp³-hybridized carbons (Fsp3) is 0. The van der Waals surface area contributed by atoms with Gasteiger partial charge in [0.25, 0.3) is 0 Å². The predicted molar refractivity (Wildman–Crippen MR) is 78.3 cm³/mol. The molecule has 102 valence electrons. The molecule has 2 rings (SSSR count). The van der Waals surface area contributed by atoms with Gasteiger partial charge in [0.15, 0.2) is 5.78 Å². The van der Waals surface area contributed by atoms with E-state index in [4.69, 9.17) is 14.4 Å². The fourth-order valence-electron chi connectivity index (χ4n) is 1.43. The fourth-order valence-corrected chi connectivity index (χ4v) is 1.43. The van der Waals surface area contributed by atoms with Crippen molar-refractivity contribution in [2.45, 2.75) is 0 Å². The third-order valence-corrected chi connectivity index (χ3v) is 2.29. The number of hydrogen-bond donors (Lipinski definition) is 2. The van der Waals surface area contributed by atoms with Crippen LogP contribution in [0.15, 0.2) is 66.7 Å². The first-order valence-corrected chi connectivity index (χ1v) is 6.93. The van der Waals surface area contributed by atoms with Crippen molar-refractivity contribution in [3.8, 4) is 0 Å². The maximum atomic E-state index is 11.7. The molecular formula is C15H14O4P+. The second kappa shape index (κ2) is 8.88. The van der Waals surface area contributed by atoms with Crippen LogP contribution in [0, 0.1) is 0 Å². The molecule has 2 N–H and O–H groups in total. The van der Waals surface area contributed by atoms with Crippen molar-refractivity contribution in [1.29, 1.82) is 0 Å². The van der Waals surface area contributed by atoms with E-state index in [1.54, 1.807) is 6.08 Å². The van der Waals surface area contributed by atoms with E-state index in [-0.39, 0.29) is 5.78 Å². The third kappa shape index (κ3) is 6.71. The minimum absolute atomic E-state index is 0.0319. The summed E-state index contributed by atoms with van der Waals surface area (Å²) < 4.78 is 8.70. The average Bonchev–Trinajstić information content (AvgIpc) is 2.46. The van der Waals surface area contributed by atoms with E-state index in [0.29, 0.717) is 0 Å². The second-order valence-corrected chi connectivity index (χ2v) is 4.23. The Balaban J connectivity index is 0.000000444. The van der Waals surface area contributed by atoms with Gasteiger partial charge in [-0.3, -0.25) is 4.79 Å². The maximum absolute atomic E-state index is 11.7. The van der Waals surface area contributed by atoms with Crippen molar-refractivity contribution in [2.24, 2.45) is 0 Å². The Kier molecular flexibility index (Phi) is 7.07. The van der Waals surface area contributed by atoms with Crippen molar-refractivity contribution in [1.82, 2.24) is 0 Å². The number of carbonyl (C=O) groups excluding carboxylic acids is 1. The van der Waals surface area contributed by atoms with E-state index < -0.39 is 8.25 Å². The van der Waals surface area contributed by atoms with Gasteiger partial charge in [-0.15, -0.1) is 9.79 Å². The summed E-state index contributed by atoms with van der Waals surface area (Å²) in [4.78, 5) is 26.0. The lowest BCUT2D eigenvalue weighted by Crippen LogP contribution is -1.92. The zero-order valence-electron chi connectivity index (χ0n) is 10.6. The Morgan fingerprint density at radius 1 is 0.900 bits per heavy atom. The smallest absolute Gasteiger partial charge is 0.289 e. The zero-order chi connectivity index (χ0) is 14.8. The highest BCUT2D eigenvalue weighted by molar-refractivity contribution is 7.30. The Hall–Kier alpha value is -2.13. The number of hydrogen-bond acceptors (Lipinski definition) is 2. The van der Waals surface area contributed by atoms with E-state index in [9.17, 15) is 4.79 Å². The maximum Gasteiger partial charge on any atom is 0.692 e. The van der Waals surface area contributed by atoms with E-state index in [0.717, 1.165) is 11.1 Å². The van der Waals surface area contributed by atoms with Crippen molar-refractivity contribution >= 4 is 20.1 Å². The van der Waals surface area contributed by atoms with Gasteiger partial charge in [-0.05, 0) is 11.6 Å². The molecule has 0 heterocycles. The predicted octanol–water partition coefficient (Wildman–Crippen LogP) is 3.21. The minimum atomic E-state index is -2.87. The molecule has 0 aliphatic rings. The molecule has 0 bridgehead atoms. The molecule has 0 aliphatic heterocycles. The van der Waals surface area contributed by atoms with E-state index >= 15 is 0 Å². The molecule has 0 amide bonds. The highest BCUT2D eigenvalue weighted by Crippen LogP contribution is 2.05. The van der Waals surface area contributed by atoms with Crippen LogP contribution in [0.2, 0.25) is 0 Å². The van der Waals surface area contributed by atoms with Gasteiger partial charge in [0.05, 0.1) is 0 Å². The highest BCUT2D eigenvalue weighted by Gasteiger charge is 1.98. The number of benzene rings is 2. The summed E-state index contributed by atoms with van der Waals surface area (Å²) in [5.74, 6) is 0.0319. The number of ketones is 1. The normalized spacial score (nSPS) is 9.70. The average molecular weight is 289 g/mol. The molecule has 0 saturated heterocycles. The molecule has 2 aromatic carbocycles. The van der Waals surface area contributed by atoms with Crippen molar-refractivity contribution in [2.75, 3.05) is 0 Å². The standard InChI is InChI=1S/C15H12O.HO3P/c16-15(14-9-5-2-6-10-14)12-11-13-7-3-1-4-8-13;1-4(2)3/h1-12H;(H-,1,2,3)/p+1/b12-11+;. The summed E-state index contributed by atoms with van der Waals surface area (Å²) in [5, 5.41) is 0. The quantitative estimate of drug-likeness (QED) is 0.517. The summed E-state index contributed by atoms with van der Waals surface area (Å²) in [6.45, 7) is 0. The summed E-state index contributed by atoms with van der Waals surface area (Å²) >= 11 is 0. The van der Waals surface area contributed by atoms with Crippen LogP contribution in [0.4, 0.5) is 0 Å². The van der Waals surface area contributed by atoms with Crippen LogP contribution >= 0.6 is 8.25 Å². The van der Waals surface area contributed by atoms with Gasteiger partial charge in [0.1, 0.15) is 0 Å². The molecule has 2 aromatic rings. The summed E-state index contributed by atoms with van der Waals surface area (Å²) in [6, 6.07) is 19.1. The van der Waals surface area contributed by atoms with Crippen molar-refractivity contribution in [3.05, 3.63) is 77.9 Å². The molecule has 0 saturated carbocycles. The molecule has 5 heteroatoms.